The number of aryl methyl sites for hydroxylation is 1. The molecule has 2 aromatic carbocycles. The second-order valence-corrected chi connectivity index (χ2v) is 9.57. The lowest BCUT2D eigenvalue weighted by Gasteiger charge is -2.20. The van der Waals surface area contributed by atoms with Crippen molar-refractivity contribution >= 4 is 23.5 Å². The van der Waals surface area contributed by atoms with Gasteiger partial charge in [-0.1, -0.05) is 67.4 Å². The van der Waals surface area contributed by atoms with E-state index in [-0.39, 0.29) is 24.4 Å². The van der Waals surface area contributed by atoms with Crippen LogP contribution in [0, 0.1) is 0 Å². The molecule has 0 aliphatic rings. The van der Waals surface area contributed by atoms with Crippen molar-refractivity contribution in [2.75, 3.05) is 0 Å². The third-order valence-corrected chi connectivity index (χ3v) is 6.55. The Morgan fingerprint density at radius 1 is 1.13 bits per heavy atom. The minimum Gasteiger partial charge on any atom is -0.454 e. The van der Waals surface area contributed by atoms with E-state index in [4.69, 9.17) is 27.8 Å². The van der Waals surface area contributed by atoms with E-state index in [1.807, 2.05) is 48.5 Å². The molecule has 204 valence electrons. The maximum Gasteiger partial charge on any atom is 0.323 e. The molecule has 0 unspecified atom stereocenters. The van der Waals surface area contributed by atoms with E-state index in [2.05, 4.69) is 37.5 Å². The molecule has 0 saturated heterocycles. The summed E-state index contributed by atoms with van der Waals surface area (Å²) in [5.74, 6) is -0.0669. The van der Waals surface area contributed by atoms with Crippen LogP contribution >= 0.6 is 11.6 Å². The molecule has 2 heterocycles. The molecule has 6 N–H and O–H groups in total. The van der Waals surface area contributed by atoms with Gasteiger partial charge in [-0.05, 0) is 40.8 Å². The summed E-state index contributed by atoms with van der Waals surface area (Å²) >= 11 is 6.51. The summed E-state index contributed by atoms with van der Waals surface area (Å²) in [6.45, 7) is 2.09. The van der Waals surface area contributed by atoms with Gasteiger partial charge in [0.15, 0.2) is 5.15 Å². The lowest BCUT2D eigenvalue weighted by Crippen LogP contribution is -2.34. The maximum absolute atomic E-state index is 12.9. The fraction of sp³-hybridized carbons (Fsp3) is 0.333. The van der Waals surface area contributed by atoms with Gasteiger partial charge in [0.25, 0.3) is 0 Å². The van der Waals surface area contributed by atoms with Crippen LogP contribution in [0.3, 0.4) is 0 Å². The summed E-state index contributed by atoms with van der Waals surface area (Å²) in [7, 11) is 0. The molecule has 2 atom stereocenters. The summed E-state index contributed by atoms with van der Waals surface area (Å²) in [5.41, 5.74) is 15.2. The number of nitrogens with two attached hydrogens (primary N) is 2. The van der Waals surface area contributed by atoms with E-state index in [0.717, 1.165) is 35.1 Å². The number of nitrogens with one attached hydrogen (secondary N) is 2. The topological polar surface area (TPSA) is 179 Å². The molecule has 2 aromatic heterocycles. The predicted molar refractivity (Wildman–Crippen MR) is 146 cm³/mol. The number of esters is 1. The lowest BCUT2D eigenvalue weighted by molar-refractivity contribution is -0.151. The lowest BCUT2D eigenvalue weighted by atomic mass is 9.95. The molecule has 4 rings (SSSR count). The van der Waals surface area contributed by atoms with Crippen molar-refractivity contribution < 1.29 is 14.3 Å². The summed E-state index contributed by atoms with van der Waals surface area (Å²) in [6.07, 6.45) is 2.14. The maximum atomic E-state index is 12.9. The average molecular weight is 551 g/mol. The Morgan fingerprint density at radius 3 is 2.62 bits per heavy atom. The predicted octanol–water partition coefficient (Wildman–Crippen LogP) is 3.67. The van der Waals surface area contributed by atoms with Crippen molar-refractivity contribution in [1.29, 1.82) is 0 Å². The van der Waals surface area contributed by atoms with Gasteiger partial charge < -0.3 is 21.2 Å². The Kier molecular flexibility index (Phi) is 9.40. The fourth-order valence-corrected chi connectivity index (χ4v) is 4.47. The number of hydrogen-bond donors (Lipinski definition) is 4. The van der Waals surface area contributed by atoms with Crippen molar-refractivity contribution in [3.05, 3.63) is 70.8 Å². The largest absolute Gasteiger partial charge is 0.454 e. The van der Waals surface area contributed by atoms with E-state index in [1.54, 1.807) is 0 Å². The monoisotopic (exact) mass is 550 g/mol. The molecule has 0 aliphatic carbocycles. The number of ether oxygens (including phenoxy) is 1. The zero-order valence-corrected chi connectivity index (χ0v) is 22.3. The molecule has 0 bridgehead atoms. The van der Waals surface area contributed by atoms with E-state index in [0.29, 0.717) is 23.8 Å². The first-order valence-corrected chi connectivity index (χ1v) is 13.1. The van der Waals surface area contributed by atoms with Gasteiger partial charge in [-0.2, -0.15) is 5.21 Å². The first kappa shape index (κ1) is 27.9. The molecule has 0 aliphatic heterocycles. The Labute approximate surface area is 230 Å². The smallest absolute Gasteiger partial charge is 0.323 e. The number of H-pyrrole nitrogens is 2. The number of carbonyl (C=O) groups is 2. The second-order valence-electron chi connectivity index (χ2n) is 9.21. The average Bonchev–Trinajstić information content (AvgIpc) is 3.60. The van der Waals surface area contributed by atoms with Crippen LogP contribution in [0.1, 0.15) is 55.8 Å². The van der Waals surface area contributed by atoms with Gasteiger partial charge in [0, 0.05) is 24.8 Å². The van der Waals surface area contributed by atoms with E-state index >= 15 is 0 Å². The number of benzene rings is 2. The third kappa shape index (κ3) is 7.27. The number of tetrazole rings is 1. The minimum absolute atomic E-state index is 0.0259. The first-order chi connectivity index (χ1) is 18.9. The number of halogens is 1. The fourth-order valence-electron chi connectivity index (χ4n) is 4.20. The number of aromatic nitrogens is 6. The Balaban J connectivity index is 1.67. The van der Waals surface area contributed by atoms with Gasteiger partial charge in [0.2, 0.25) is 11.7 Å². The molecule has 0 saturated carbocycles. The summed E-state index contributed by atoms with van der Waals surface area (Å²) in [5, 5.41) is 14.8. The zero-order valence-electron chi connectivity index (χ0n) is 21.6. The van der Waals surface area contributed by atoms with Gasteiger partial charge in [0.1, 0.15) is 18.0 Å². The van der Waals surface area contributed by atoms with Crippen LogP contribution in [0.4, 0.5) is 0 Å². The molecule has 0 spiro atoms. The molecule has 4 aromatic rings. The van der Waals surface area contributed by atoms with Crippen molar-refractivity contribution in [2.45, 2.75) is 57.6 Å². The summed E-state index contributed by atoms with van der Waals surface area (Å²) < 4.78 is 5.86. The standard InChI is InChI=1S/C27H31ClN8O3/c1-2-3-9-23-31-24(25(28)32-23)21(39-27(38)20(29)12-13-22(30)37)15-16-10-11-18(17-7-5-4-6-8-17)19(14-16)26-33-35-36-34-26/h4-8,10-11,14,20-21H,2-3,9,12-13,15,29H2,1H3,(H2,30,37)(H,31,32)(H,33,34,35,36)/t20-,21-/m1/s1. The number of amides is 1. The van der Waals surface area contributed by atoms with E-state index in [9.17, 15) is 9.59 Å². The van der Waals surface area contributed by atoms with Crippen LogP contribution in [0.2, 0.25) is 5.15 Å². The molecular weight excluding hydrogens is 520 g/mol. The number of rotatable bonds is 13. The SMILES string of the molecule is CCCCc1nc(Cl)c([C@@H](Cc2ccc(-c3ccccc3)c(-c3nn[nH]n3)c2)OC(=O)[C@H](N)CCC(N)=O)[nH]1. The molecule has 1 amide bonds. The third-order valence-electron chi connectivity index (χ3n) is 6.26. The Morgan fingerprint density at radius 2 is 1.92 bits per heavy atom. The van der Waals surface area contributed by atoms with Crippen molar-refractivity contribution in [3.8, 4) is 22.5 Å². The molecule has 0 radical (unpaired) electrons. The van der Waals surface area contributed by atoms with Gasteiger partial charge in [-0.15, -0.1) is 10.2 Å². The quantitative estimate of drug-likeness (QED) is 0.182. The van der Waals surface area contributed by atoms with Crippen LogP contribution in [0.5, 0.6) is 0 Å². The van der Waals surface area contributed by atoms with Crippen LogP contribution in [0.15, 0.2) is 48.5 Å². The molecular formula is C27H31ClN8O3. The number of carbonyl (C=O) groups excluding carboxylic acids is 2. The number of imidazole rings is 1. The number of nitrogens with zero attached hydrogens (tertiary/aromatic N) is 4. The van der Waals surface area contributed by atoms with Gasteiger partial charge in [-0.25, -0.2) is 4.98 Å². The van der Waals surface area contributed by atoms with Crippen LogP contribution in [-0.4, -0.2) is 48.5 Å². The van der Waals surface area contributed by atoms with E-state index < -0.39 is 24.0 Å². The molecule has 39 heavy (non-hydrogen) atoms. The van der Waals surface area contributed by atoms with Gasteiger partial charge in [0.05, 0.1) is 5.69 Å². The van der Waals surface area contributed by atoms with Crippen molar-refractivity contribution in [1.82, 2.24) is 30.6 Å². The molecule has 0 fully saturated rings. The number of hydrogen-bond acceptors (Lipinski definition) is 8. The normalized spacial score (nSPS) is 12.7. The summed E-state index contributed by atoms with van der Waals surface area (Å²) in [6, 6.07) is 14.7. The molecule has 12 heteroatoms. The second kappa shape index (κ2) is 13.1. The highest BCUT2D eigenvalue weighted by Gasteiger charge is 2.27. The minimum atomic E-state index is -1.02. The Hall–Kier alpha value is -4.09. The van der Waals surface area contributed by atoms with Crippen LogP contribution < -0.4 is 11.5 Å². The highest BCUT2D eigenvalue weighted by molar-refractivity contribution is 6.30. The van der Waals surface area contributed by atoms with Gasteiger partial charge in [-0.3, -0.25) is 9.59 Å². The Bertz CT molecular complexity index is 1390. The highest BCUT2D eigenvalue weighted by atomic mass is 35.5. The number of primary amides is 1. The highest BCUT2D eigenvalue weighted by Crippen LogP contribution is 2.34. The zero-order chi connectivity index (χ0) is 27.8. The summed E-state index contributed by atoms with van der Waals surface area (Å²) in [4.78, 5) is 31.7. The first-order valence-electron chi connectivity index (χ1n) is 12.8. The van der Waals surface area contributed by atoms with Crippen LogP contribution in [0.25, 0.3) is 22.5 Å². The van der Waals surface area contributed by atoms with Gasteiger partial charge >= 0.3 is 5.97 Å². The number of aromatic amines is 2. The number of unbranched alkanes of at least 4 members (excludes halogenated alkanes) is 1. The van der Waals surface area contributed by atoms with Crippen molar-refractivity contribution in [3.63, 3.8) is 0 Å². The van der Waals surface area contributed by atoms with E-state index in [1.165, 1.54) is 0 Å². The van der Waals surface area contributed by atoms with Crippen molar-refractivity contribution in [2.24, 2.45) is 11.5 Å². The molecule has 11 nitrogen and oxygen atoms in total. The van der Waals surface area contributed by atoms with Crippen LogP contribution in [-0.2, 0) is 27.2 Å².